The lowest BCUT2D eigenvalue weighted by Crippen LogP contribution is -2.15. The van der Waals surface area contributed by atoms with Crippen LogP contribution in [0.15, 0.2) is 53.4 Å². The molecule has 1 atom stereocenters. The maximum Gasteiger partial charge on any atom is 0.338 e. The Labute approximate surface area is 167 Å². The fourth-order valence-corrected chi connectivity index (χ4v) is 3.98. The standard InChI is InChI=1S/C18H17Cl2NO5S/c1-25-15-7-5-14(6-8-15)21-27(23,24)16-4-2-3-12(9-16)17(22)26-11-13-10-18(13,19)20/h2-9,13,21H,10-11H2,1H3/t13-/m0/s1. The van der Waals surface area contributed by atoms with E-state index in [2.05, 4.69) is 4.72 Å². The molecule has 0 radical (unpaired) electrons. The van der Waals surface area contributed by atoms with Gasteiger partial charge in [-0.25, -0.2) is 13.2 Å². The topological polar surface area (TPSA) is 81.7 Å². The highest BCUT2D eigenvalue weighted by atomic mass is 35.5. The number of halogens is 2. The molecule has 0 amide bonds. The quantitative estimate of drug-likeness (QED) is 0.533. The summed E-state index contributed by atoms with van der Waals surface area (Å²) in [6.45, 7) is 0.0902. The second kappa shape index (κ2) is 7.58. The predicted molar refractivity (Wildman–Crippen MR) is 103 cm³/mol. The Balaban J connectivity index is 1.70. The van der Waals surface area contributed by atoms with Crippen LogP contribution in [0.25, 0.3) is 0 Å². The second-order valence-corrected chi connectivity index (χ2v) is 9.35. The van der Waals surface area contributed by atoms with Gasteiger partial charge in [-0.3, -0.25) is 4.72 Å². The Morgan fingerprint density at radius 3 is 2.48 bits per heavy atom. The van der Waals surface area contributed by atoms with E-state index in [-0.39, 0.29) is 23.0 Å². The molecule has 2 aromatic carbocycles. The maximum absolute atomic E-state index is 12.6. The molecule has 0 heterocycles. The van der Waals surface area contributed by atoms with E-state index < -0.39 is 20.3 Å². The first kappa shape index (κ1) is 19.8. The van der Waals surface area contributed by atoms with Gasteiger partial charge >= 0.3 is 5.97 Å². The molecule has 0 bridgehead atoms. The molecule has 1 N–H and O–H groups in total. The van der Waals surface area contributed by atoms with Crippen molar-refractivity contribution in [2.24, 2.45) is 5.92 Å². The molecule has 0 unspecified atom stereocenters. The molecular weight excluding hydrogens is 413 g/mol. The predicted octanol–water partition coefficient (Wildman–Crippen LogP) is 3.85. The van der Waals surface area contributed by atoms with Crippen molar-refractivity contribution in [1.29, 1.82) is 0 Å². The first-order chi connectivity index (χ1) is 12.7. The molecule has 1 fully saturated rings. The lowest BCUT2D eigenvalue weighted by atomic mass is 10.2. The Kier molecular flexibility index (Phi) is 5.55. The van der Waals surface area contributed by atoms with Crippen molar-refractivity contribution in [3.8, 4) is 5.75 Å². The van der Waals surface area contributed by atoms with Crippen molar-refractivity contribution in [3.05, 3.63) is 54.1 Å². The van der Waals surface area contributed by atoms with Gasteiger partial charge in [-0.15, -0.1) is 23.2 Å². The minimum atomic E-state index is -3.87. The highest BCUT2D eigenvalue weighted by Gasteiger charge is 2.52. The molecule has 1 aliphatic carbocycles. The summed E-state index contributed by atoms with van der Waals surface area (Å²) in [6.07, 6.45) is 0.559. The van der Waals surface area contributed by atoms with E-state index in [9.17, 15) is 13.2 Å². The number of sulfonamides is 1. The normalized spacial score (nSPS) is 17.8. The smallest absolute Gasteiger partial charge is 0.338 e. The van der Waals surface area contributed by atoms with Gasteiger partial charge in [0.15, 0.2) is 0 Å². The number of alkyl halides is 2. The highest BCUT2D eigenvalue weighted by Crippen LogP contribution is 2.53. The monoisotopic (exact) mass is 429 g/mol. The van der Waals surface area contributed by atoms with Gasteiger partial charge in [0.05, 0.1) is 24.2 Å². The molecular formula is C18H17Cl2NO5S. The number of benzene rings is 2. The van der Waals surface area contributed by atoms with Crippen LogP contribution in [0, 0.1) is 5.92 Å². The molecule has 27 heavy (non-hydrogen) atoms. The minimum absolute atomic E-state index is 0.0526. The molecule has 9 heteroatoms. The molecule has 6 nitrogen and oxygen atoms in total. The van der Waals surface area contributed by atoms with Crippen LogP contribution >= 0.6 is 23.2 Å². The van der Waals surface area contributed by atoms with E-state index in [1.807, 2.05) is 0 Å². The van der Waals surface area contributed by atoms with Crippen molar-refractivity contribution >= 4 is 44.9 Å². The summed E-state index contributed by atoms with van der Waals surface area (Å²) in [5.74, 6) is -0.128. The third-order valence-corrected chi connectivity index (χ3v) is 6.40. The van der Waals surface area contributed by atoms with Crippen molar-refractivity contribution in [3.63, 3.8) is 0 Å². The molecule has 0 aliphatic heterocycles. The van der Waals surface area contributed by atoms with Crippen LogP contribution in [0.5, 0.6) is 5.75 Å². The van der Waals surface area contributed by atoms with E-state index in [1.165, 1.54) is 31.4 Å². The Bertz CT molecular complexity index is 944. The fraction of sp³-hybridized carbons (Fsp3) is 0.278. The Morgan fingerprint density at radius 1 is 1.22 bits per heavy atom. The molecule has 1 saturated carbocycles. The van der Waals surface area contributed by atoms with E-state index in [0.29, 0.717) is 17.9 Å². The summed E-state index contributed by atoms with van der Waals surface area (Å²) >= 11 is 11.8. The first-order valence-corrected chi connectivity index (χ1v) is 10.3. The molecule has 144 valence electrons. The zero-order valence-corrected chi connectivity index (χ0v) is 16.6. The van der Waals surface area contributed by atoms with Crippen LogP contribution in [0.1, 0.15) is 16.8 Å². The van der Waals surface area contributed by atoms with Gasteiger partial charge in [-0.05, 0) is 48.9 Å². The van der Waals surface area contributed by atoms with Gasteiger partial charge in [-0.1, -0.05) is 6.07 Å². The lowest BCUT2D eigenvalue weighted by molar-refractivity contribution is 0.0485. The third-order valence-electron chi connectivity index (χ3n) is 4.09. The third kappa shape index (κ3) is 4.86. The van der Waals surface area contributed by atoms with Crippen molar-refractivity contribution < 1.29 is 22.7 Å². The highest BCUT2D eigenvalue weighted by molar-refractivity contribution is 7.92. The van der Waals surface area contributed by atoms with E-state index in [0.717, 1.165) is 0 Å². The zero-order valence-electron chi connectivity index (χ0n) is 14.3. The number of ether oxygens (including phenoxy) is 2. The lowest BCUT2D eigenvalue weighted by Gasteiger charge is -2.10. The van der Waals surface area contributed by atoms with Gasteiger partial charge < -0.3 is 9.47 Å². The fourth-order valence-electron chi connectivity index (χ4n) is 2.37. The first-order valence-electron chi connectivity index (χ1n) is 8.03. The van der Waals surface area contributed by atoms with E-state index in [1.54, 1.807) is 24.3 Å². The summed E-state index contributed by atoms with van der Waals surface area (Å²) in [4.78, 5) is 12.1. The van der Waals surface area contributed by atoms with Crippen LogP contribution in [-0.2, 0) is 14.8 Å². The number of esters is 1. The average molecular weight is 430 g/mol. The molecule has 0 aromatic heterocycles. The molecule has 0 saturated heterocycles. The number of hydrogen-bond donors (Lipinski definition) is 1. The number of rotatable bonds is 7. The molecule has 1 aliphatic rings. The van der Waals surface area contributed by atoms with Gasteiger partial charge in [0.25, 0.3) is 10.0 Å². The summed E-state index contributed by atoms with van der Waals surface area (Å²) in [7, 11) is -2.35. The average Bonchev–Trinajstić information content (AvgIpc) is 3.27. The van der Waals surface area contributed by atoms with Crippen LogP contribution in [0.2, 0.25) is 0 Å². The summed E-state index contributed by atoms with van der Waals surface area (Å²) in [6, 6.07) is 12.0. The van der Waals surface area contributed by atoms with Gasteiger partial charge in [0.2, 0.25) is 0 Å². The molecule has 0 spiro atoms. The number of anilines is 1. The second-order valence-electron chi connectivity index (χ2n) is 6.12. The van der Waals surface area contributed by atoms with Crippen LogP contribution in [0.3, 0.4) is 0 Å². The largest absolute Gasteiger partial charge is 0.497 e. The van der Waals surface area contributed by atoms with E-state index >= 15 is 0 Å². The minimum Gasteiger partial charge on any atom is -0.497 e. The SMILES string of the molecule is COc1ccc(NS(=O)(=O)c2cccc(C(=O)OC[C@@H]3CC3(Cl)Cl)c2)cc1. The summed E-state index contributed by atoms with van der Waals surface area (Å²) in [5, 5.41) is 0. The van der Waals surface area contributed by atoms with Gasteiger partial charge in [0, 0.05) is 11.6 Å². The van der Waals surface area contributed by atoms with Gasteiger partial charge in [-0.2, -0.15) is 0 Å². The summed E-state index contributed by atoms with van der Waals surface area (Å²) in [5.41, 5.74) is 0.501. The molecule has 2 aromatic rings. The number of methoxy groups -OCH3 is 1. The number of hydrogen-bond acceptors (Lipinski definition) is 5. The Morgan fingerprint density at radius 2 is 1.89 bits per heavy atom. The number of carbonyl (C=O) groups is 1. The van der Waals surface area contributed by atoms with Crippen LogP contribution in [-0.4, -0.2) is 32.4 Å². The Hall–Kier alpha value is -1.96. The zero-order chi connectivity index (χ0) is 19.7. The van der Waals surface area contributed by atoms with Crippen molar-refractivity contribution in [2.75, 3.05) is 18.4 Å². The van der Waals surface area contributed by atoms with Gasteiger partial charge in [0.1, 0.15) is 10.1 Å². The van der Waals surface area contributed by atoms with Crippen LogP contribution < -0.4 is 9.46 Å². The summed E-state index contributed by atoms with van der Waals surface area (Å²) < 4.78 is 36.9. The number of nitrogens with one attached hydrogen (secondary N) is 1. The van der Waals surface area contributed by atoms with Crippen molar-refractivity contribution in [2.45, 2.75) is 15.6 Å². The maximum atomic E-state index is 12.6. The number of carbonyl (C=O) groups excluding carboxylic acids is 1. The van der Waals surface area contributed by atoms with Crippen LogP contribution in [0.4, 0.5) is 5.69 Å². The molecule has 3 rings (SSSR count). The van der Waals surface area contributed by atoms with E-state index in [4.69, 9.17) is 32.7 Å². The van der Waals surface area contributed by atoms with Crippen molar-refractivity contribution in [1.82, 2.24) is 0 Å².